The lowest BCUT2D eigenvalue weighted by atomic mass is 10.1. The zero-order valence-corrected chi connectivity index (χ0v) is 8.26. The predicted molar refractivity (Wildman–Crippen MR) is 60.0 cm³/mol. The molecule has 1 rings (SSSR count). The monoisotopic (exact) mass is 188 g/mol. The summed E-state index contributed by atoms with van der Waals surface area (Å²) in [6.45, 7) is 3.62. The molecule has 1 aromatic rings. The largest absolute Gasteiger partial charge is 0.388 e. The number of benzene rings is 1. The molecule has 0 aliphatic carbocycles. The molecule has 0 radical (unpaired) electrons. The Morgan fingerprint density at radius 3 is 2.57 bits per heavy atom. The molecule has 0 aromatic heterocycles. The highest BCUT2D eigenvalue weighted by Gasteiger charge is 2.02. The van der Waals surface area contributed by atoms with Crippen LogP contribution in [0.4, 0.5) is 0 Å². The lowest BCUT2D eigenvalue weighted by Gasteiger charge is -2.07. The fraction of sp³-hybridized carbons (Fsp3) is 0.231. The molecule has 1 unspecified atom stereocenters. The third-order valence-corrected chi connectivity index (χ3v) is 2.01. The first-order chi connectivity index (χ1) is 6.84. The minimum atomic E-state index is -0.391. The van der Waals surface area contributed by atoms with Crippen molar-refractivity contribution in [2.24, 2.45) is 0 Å². The van der Waals surface area contributed by atoms with Crippen molar-refractivity contribution in [3.8, 4) is 0 Å². The minimum absolute atomic E-state index is 0.391. The third kappa shape index (κ3) is 3.58. The van der Waals surface area contributed by atoms with Gasteiger partial charge in [0, 0.05) is 0 Å². The lowest BCUT2D eigenvalue weighted by molar-refractivity contribution is 0.181. The highest BCUT2D eigenvalue weighted by Crippen LogP contribution is 2.16. The summed E-state index contributed by atoms with van der Waals surface area (Å²) in [5.41, 5.74) is 0.968. The number of aliphatic hydroxyl groups excluding tert-OH is 1. The molecular formula is C13H16O. The number of hydrogen-bond acceptors (Lipinski definition) is 1. The van der Waals surface area contributed by atoms with Crippen molar-refractivity contribution in [3.63, 3.8) is 0 Å². The molecular weight excluding hydrogens is 172 g/mol. The second kappa shape index (κ2) is 6.17. The second-order valence-electron chi connectivity index (χ2n) is 3.16. The molecule has 0 heterocycles. The average molecular weight is 188 g/mol. The molecule has 0 bridgehead atoms. The molecule has 1 nitrogen and oxygen atoms in total. The van der Waals surface area contributed by atoms with E-state index in [9.17, 15) is 5.11 Å². The van der Waals surface area contributed by atoms with E-state index in [1.54, 1.807) is 0 Å². The molecule has 0 saturated heterocycles. The quantitative estimate of drug-likeness (QED) is 0.703. The Kier molecular flexibility index (Phi) is 4.73. The van der Waals surface area contributed by atoms with Crippen molar-refractivity contribution in [2.45, 2.75) is 18.9 Å². The van der Waals surface area contributed by atoms with Gasteiger partial charge in [0.15, 0.2) is 0 Å². The molecule has 0 aliphatic rings. The summed E-state index contributed by atoms with van der Waals surface area (Å²) in [6, 6.07) is 9.69. The molecule has 1 heteroatoms. The third-order valence-electron chi connectivity index (χ3n) is 2.01. The maximum atomic E-state index is 9.74. The Bertz CT molecular complexity index is 287. The molecule has 1 N–H and O–H groups in total. The Morgan fingerprint density at radius 1 is 1.21 bits per heavy atom. The molecule has 0 saturated carbocycles. The maximum absolute atomic E-state index is 9.74. The number of aliphatic hydroxyl groups is 1. The zero-order chi connectivity index (χ0) is 10.2. The average Bonchev–Trinajstić information content (AvgIpc) is 2.25. The van der Waals surface area contributed by atoms with Crippen LogP contribution in [-0.2, 0) is 0 Å². The zero-order valence-electron chi connectivity index (χ0n) is 8.26. The van der Waals surface area contributed by atoms with Gasteiger partial charge in [-0.1, -0.05) is 48.6 Å². The van der Waals surface area contributed by atoms with Crippen LogP contribution in [0, 0.1) is 0 Å². The number of hydrogen-bond donors (Lipinski definition) is 1. The van der Waals surface area contributed by atoms with Gasteiger partial charge in [0.1, 0.15) is 0 Å². The van der Waals surface area contributed by atoms with Gasteiger partial charge in [-0.25, -0.2) is 0 Å². The van der Waals surface area contributed by atoms with Gasteiger partial charge in [-0.2, -0.15) is 0 Å². The van der Waals surface area contributed by atoms with Crippen LogP contribution < -0.4 is 0 Å². The van der Waals surface area contributed by atoms with E-state index in [0.29, 0.717) is 6.42 Å². The van der Waals surface area contributed by atoms with Crippen LogP contribution in [0.25, 0.3) is 0 Å². The highest BCUT2D eigenvalue weighted by molar-refractivity contribution is 5.17. The second-order valence-corrected chi connectivity index (χ2v) is 3.16. The first-order valence-electron chi connectivity index (χ1n) is 4.83. The van der Waals surface area contributed by atoms with Gasteiger partial charge in [-0.05, 0) is 18.4 Å². The van der Waals surface area contributed by atoms with Gasteiger partial charge in [0.2, 0.25) is 0 Å². The Labute approximate surface area is 85.4 Å². The van der Waals surface area contributed by atoms with Gasteiger partial charge in [-0.15, -0.1) is 6.58 Å². The summed E-state index contributed by atoms with van der Waals surface area (Å²) < 4.78 is 0. The fourth-order valence-electron chi connectivity index (χ4n) is 1.23. The van der Waals surface area contributed by atoms with Crippen LogP contribution in [0.1, 0.15) is 24.5 Å². The normalized spacial score (nSPS) is 12.9. The molecule has 0 spiro atoms. The molecule has 14 heavy (non-hydrogen) atoms. The van der Waals surface area contributed by atoms with E-state index in [4.69, 9.17) is 0 Å². The van der Waals surface area contributed by atoms with Crippen LogP contribution in [-0.4, -0.2) is 5.11 Å². The van der Waals surface area contributed by atoms with Crippen molar-refractivity contribution < 1.29 is 5.11 Å². The van der Waals surface area contributed by atoms with Crippen LogP contribution in [0.3, 0.4) is 0 Å². The van der Waals surface area contributed by atoms with E-state index in [1.165, 1.54) is 0 Å². The van der Waals surface area contributed by atoms with E-state index < -0.39 is 6.10 Å². The summed E-state index contributed by atoms with van der Waals surface area (Å²) in [4.78, 5) is 0. The smallest absolute Gasteiger partial charge is 0.0824 e. The lowest BCUT2D eigenvalue weighted by Crippen LogP contribution is -1.94. The van der Waals surface area contributed by atoms with Crippen molar-refractivity contribution in [1.29, 1.82) is 0 Å². The molecule has 0 fully saturated rings. The van der Waals surface area contributed by atoms with Crippen LogP contribution in [0.15, 0.2) is 55.1 Å². The molecule has 74 valence electrons. The van der Waals surface area contributed by atoms with E-state index in [0.717, 1.165) is 12.0 Å². The minimum Gasteiger partial charge on any atom is -0.388 e. The fourth-order valence-corrected chi connectivity index (χ4v) is 1.23. The van der Waals surface area contributed by atoms with Gasteiger partial charge in [-0.3, -0.25) is 0 Å². The summed E-state index contributed by atoms with van der Waals surface area (Å²) in [5.74, 6) is 0. The molecule has 1 aromatic carbocycles. The Hall–Kier alpha value is -1.34. The highest BCUT2D eigenvalue weighted by atomic mass is 16.3. The summed E-state index contributed by atoms with van der Waals surface area (Å²) in [5, 5.41) is 9.74. The summed E-state index contributed by atoms with van der Waals surface area (Å²) in [7, 11) is 0. The van der Waals surface area contributed by atoms with Crippen LogP contribution in [0.2, 0.25) is 0 Å². The molecule has 0 amide bonds. The number of rotatable bonds is 5. The molecule has 1 atom stereocenters. The number of allylic oxidation sites excluding steroid dienone is 2. The predicted octanol–water partition coefficient (Wildman–Crippen LogP) is 3.24. The van der Waals surface area contributed by atoms with Crippen LogP contribution in [0.5, 0.6) is 0 Å². The van der Waals surface area contributed by atoms with E-state index >= 15 is 0 Å². The Balaban J connectivity index is 2.43. The Morgan fingerprint density at radius 2 is 1.93 bits per heavy atom. The van der Waals surface area contributed by atoms with E-state index in [2.05, 4.69) is 6.58 Å². The molecule has 0 aliphatic heterocycles. The van der Waals surface area contributed by atoms with Crippen molar-refractivity contribution in [1.82, 2.24) is 0 Å². The topological polar surface area (TPSA) is 20.2 Å². The van der Waals surface area contributed by atoms with Gasteiger partial charge >= 0.3 is 0 Å². The van der Waals surface area contributed by atoms with E-state index in [1.807, 2.05) is 48.6 Å². The summed E-state index contributed by atoms with van der Waals surface area (Å²) >= 11 is 0. The van der Waals surface area contributed by atoms with Crippen molar-refractivity contribution in [3.05, 3.63) is 60.7 Å². The standard InChI is InChI=1S/C13H16O/c1-2-3-4-8-11-13(14)12-9-6-5-7-10-12/h2,4-10,13-14H,1,3,11H2/b8-4+. The first-order valence-corrected chi connectivity index (χ1v) is 4.83. The van der Waals surface area contributed by atoms with Crippen molar-refractivity contribution >= 4 is 0 Å². The van der Waals surface area contributed by atoms with Crippen LogP contribution >= 0.6 is 0 Å². The van der Waals surface area contributed by atoms with Gasteiger partial charge in [0.25, 0.3) is 0 Å². The van der Waals surface area contributed by atoms with E-state index in [-0.39, 0.29) is 0 Å². The SMILES string of the molecule is C=CC/C=C/CC(O)c1ccccc1. The van der Waals surface area contributed by atoms with Gasteiger partial charge < -0.3 is 5.11 Å². The first kappa shape index (κ1) is 10.7. The summed E-state index contributed by atoms with van der Waals surface area (Å²) in [6.07, 6.45) is 6.97. The maximum Gasteiger partial charge on any atom is 0.0824 e. The van der Waals surface area contributed by atoms with Gasteiger partial charge in [0.05, 0.1) is 6.10 Å². The van der Waals surface area contributed by atoms with Crippen molar-refractivity contribution in [2.75, 3.05) is 0 Å².